The molecule has 1 saturated heterocycles. The molecule has 20 heavy (non-hydrogen) atoms. The molecule has 0 aromatic carbocycles. The molecule has 1 atom stereocenters. The van der Waals surface area contributed by atoms with Crippen LogP contribution in [0.15, 0.2) is 6.20 Å². The molecule has 2 fully saturated rings. The van der Waals surface area contributed by atoms with Crippen LogP contribution in [0.3, 0.4) is 0 Å². The van der Waals surface area contributed by atoms with Crippen molar-refractivity contribution in [1.82, 2.24) is 15.3 Å². The number of anilines is 1. The summed E-state index contributed by atoms with van der Waals surface area (Å²) >= 11 is 6.23. The molecule has 6 heteroatoms. The first kappa shape index (κ1) is 13.9. The van der Waals surface area contributed by atoms with Gasteiger partial charge in [0, 0.05) is 19.1 Å². The lowest BCUT2D eigenvalue weighted by molar-refractivity contribution is 0.373. The molecule has 3 rings (SSSR count). The summed E-state index contributed by atoms with van der Waals surface area (Å²) in [6, 6.07) is 1.15. The lowest BCUT2D eigenvalue weighted by atomic mass is 9.98. The van der Waals surface area contributed by atoms with Gasteiger partial charge in [0.2, 0.25) is 0 Å². The van der Waals surface area contributed by atoms with Crippen LogP contribution in [0.5, 0.6) is 6.01 Å². The van der Waals surface area contributed by atoms with E-state index >= 15 is 0 Å². The van der Waals surface area contributed by atoms with Crippen molar-refractivity contribution in [1.29, 1.82) is 0 Å². The van der Waals surface area contributed by atoms with Crippen molar-refractivity contribution in [2.75, 3.05) is 31.6 Å². The molecule has 1 aliphatic carbocycles. The number of nitrogens with one attached hydrogen (secondary N) is 1. The highest BCUT2D eigenvalue weighted by molar-refractivity contribution is 6.32. The van der Waals surface area contributed by atoms with Crippen LogP contribution in [0.4, 0.5) is 5.82 Å². The van der Waals surface area contributed by atoms with Gasteiger partial charge in [-0.05, 0) is 38.1 Å². The minimum atomic E-state index is 0.377. The van der Waals surface area contributed by atoms with Gasteiger partial charge in [-0.15, -0.1) is 0 Å². The minimum Gasteiger partial charge on any atom is -0.467 e. The van der Waals surface area contributed by atoms with E-state index in [0.29, 0.717) is 17.0 Å². The van der Waals surface area contributed by atoms with Crippen LogP contribution in [0.25, 0.3) is 0 Å². The Kier molecular flexibility index (Phi) is 4.27. The predicted molar refractivity (Wildman–Crippen MR) is 79.6 cm³/mol. The van der Waals surface area contributed by atoms with Gasteiger partial charge in [-0.2, -0.15) is 4.98 Å². The van der Waals surface area contributed by atoms with Gasteiger partial charge >= 0.3 is 6.01 Å². The molecule has 2 aliphatic rings. The molecule has 110 valence electrons. The molecule has 1 saturated carbocycles. The summed E-state index contributed by atoms with van der Waals surface area (Å²) < 4.78 is 5.09. The fraction of sp³-hybridized carbons (Fsp3) is 0.714. The lowest BCUT2D eigenvalue weighted by Crippen LogP contribution is -2.40. The maximum absolute atomic E-state index is 6.23. The number of nitrogens with zero attached hydrogens (tertiary/aromatic N) is 3. The number of hydrogen-bond acceptors (Lipinski definition) is 5. The summed E-state index contributed by atoms with van der Waals surface area (Å²) in [6.07, 6.45) is 6.75. The summed E-state index contributed by atoms with van der Waals surface area (Å²) in [5.41, 5.74) is 0. The maximum atomic E-state index is 6.23. The van der Waals surface area contributed by atoms with Gasteiger partial charge in [0.1, 0.15) is 5.02 Å². The lowest BCUT2D eigenvalue weighted by Gasteiger charge is -2.34. The molecular formula is C14H21ClN4O. The second-order valence-electron chi connectivity index (χ2n) is 5.67. The molecule has 1 N–H and O–H groups in total. The number of methoxy groups -OCH3 is 1. The third-order valence-corrected chi connectivity index (χ3v) is 4.24. The molecule has 0 bridgehead atoms. The zero-order chi connectivity index (χ0) is 13.9. The number of piperidine rings is 1. The van der Waals surface area contributed by atoms with E-state index in [-0.39, 0.29) is 0 Å². The van der Waals surface area contributed by atoms with E-state index in [1.54, 1.807) is 13.3 Å². The molecule has 1 unspecified atom stereocenters. The second kappa shape index (κ2) is 6.14. The van der Waals surface area contributed by atoms with E-state index in [0.717, 1.165) is 31.5 Å². The standard InChI is InChI=1S/C14H21ClN4O/c1-20-14-17-8-12(15)13(18-14)19-6-2-3-10(9-19)7-16-11-4-5-11/h8,10-11,16H,2-7,9H2,1H3. The average molecular weight is 297 g/mol. The Morgan fingerprint density at radius 3 is 3.05 bits per heavy atom. The van der Waals surface area contributed by atoms with Crippen molar-refractivity contribution in [3.05, 3.63) is 11.2 Å². The molecule has 1 aromatic rings. The van der Waals surface area contributed by atoms with Crippen molar-refractivity contribution >= 4 is 17.4 Å². The van der Waals surface area contributed by atoms with Crippen LogP contribution >= 0.6 is 11.6 Å². The van der Waals surface area contributed by atoms with Crippen LogP contribution in [-0.2, 0) is 0 Å². The fourth-order valence-corrected chi connectivity index (χ4v) is 2.92. The first-order chi connectivity index (χ1) is 9.76. The molecule has 0 amide bonds. The molecule has 0 spiro atoms. The first-order valence-electron chi connectivity index (χ1n) is 7.31. The van der Waals surface area contributed by atoms with Gasteiger partial charge in [0.25, 0.3) is 0 Å². The number of rotatable bonds is 5. The quantitative estimate of drug-likeness (QED) is 0.902. The fourth-order valence-electron chi connectivity index (χ4n) is 2.71. The van der Waals surface area contributed by atoms with E-state index in [2.05, 4.69) is 20.2 Å². The van der Waals surface area contributed by atoms with E-state index in [1.165, 1.54) is 25.7 Å². The zero-order valence-corrected chi connectivity index (χ0v) is 12.6. The molecule has 0 radical (unpaired) electrons. The van der Waals surface area contributed by atoms with E-state index in [9.17, 15) is 0 Å². The van der Waals surface area contributed by atoms with Crippen molar-refractivity contribution in [2.24, 2.45) is 5.92 Å². The third kappa shape index (κ3) is 3.33. The molecule has 1 aromatic heterocycles. The Labute approximate surface area is 124 Å². The average Bonchev–Trinajstić information content (AvgIpc) is 3.30. The van der Waals surface area contributed by atoms with Crippen molar-refractivity contribution < 1.29 is 4.74 Å². The van der Waals surface area contributed by atoms with Crippen LogP contribution in [-0.4, -0.2) is 42.8 Å². The Hall–Kier alpha value is -1.07. The molecule has 1 aliphatic heterocycles. The zero-order valence-electron chi connectivity index (χ0n) is 11.8. The molecular weight excluding hydrogens is 276 g/mol. The van der Waals surface area contributed by atoms with Crippen LogP contribution in [0, 0.1) is 5.92 Å². The van der Waals surface area contributed by atoms with Crippen molar-refractivity contribution in [2.45, 2.75) is 31.7 Å². The van der Waals surface area contributed by atoms with Crippen LogP contribution in [0.2, 0.25) is 5.02 Å². The van der Waals surface area contributed by atoms with Gasteiger partial charge < -0.3 is 15.0 Å². The Morgan fingerprint density at radius 2 is 2.30 bits per heavy atom. The number of aromatic nitrogens is 2. The summed E-state index contributed by atoms with van der Waals surface area (Å²) in [6.45, 7) is 3.10. The van der Waals surface area contributed by atoms with Gasteiger partial charge in [0.15, 0.2) is 5.82 Å². The largest absolute Gasteiger partial charge is 0.467 e. The first-order valence-corrected chi connectivity index (χ1v) is 7.69. The number of halogens is 1. The van der Waals surface area contributed by atoms with Crippen LogP contribution in [0.1, 0.15) is 25.7 Å². The topological polar surface area (TPSA) is 50.3 Å². The normalized spacial score (nSPS) is 22.9. The summed E-state index contributed by atoms with van der Waals surface area (Å²) in [7, 11) is 1.57. The third-order valence-electron chi connectivity index (χ3n) is 3.98. The minimum absolute atomic E-state index is 0.377. The Balaban J connectivity index is 1.65. The number of ether oxygens (including phenoxy) is 1. The smallest absolute Gasteiger partial charge is 0.318 e. The summed E-state index contributed by atoms with van der Waals surface area (Å²) in [5.74, 6) is 1.47. The highest BCUT2D eigenvalue weighted by atomic mass is 35.5. The van der Waals surface area contributed by atoms with Gasteiger partial charge in [0.05, 0.1) is 13.3 Å². The number of hydrogen-bond donors (Lipinski definition) is 1. The Bertz CT molecular complexity index is 466. The van der Waals surface area contributed by atoms with E-state index < -0.39 is 0 Å². The monoisotopic (exact) mass is 296 g/mol. The second-order valence-corrected chi connectivity index (χ2v) is 6.07. The van der Waals surface area contributed by atoms with Gasteiger partial charge in [-0.1, -0.05) is 11.6 Å². The summed E-state index contributed by atoms with van der Waals surface area (Å²) in [4.78, 5) is 10.7. The highest BCUT2D eigenvalue weighted by Gasteiger charge is 2.26. The predicted octanol–water partition coefficient (Wildman–Crippen LogP) is 2.11. The van der Waals surface area contributed by atoms with Crippen molar-refractivity contribution in [3.63, 3.8) is 0 Å². The summed E-state index contributed by atoms with van der Waals surface area (Å²) in [5, 5.41) is 4.22. The molecule has 2 heterocycles. The van der Waals surface area contributed by atoms with E-state index in [4.69, 9.17) is 16.3 Å². The van der Waals surface area contributed by atoms with E-state index in [1.807, 2.05) is 0 Å². The Morgan fingerprint density at radius 1 is 1.45 bits per heavy atom. The maximum Gasteiger partial charge on any atom is 0.318 e. The SMILES string of the molecule is COc1ncc(Cl)c(N2CCCC(CNC3CC3)C2)n1. The van der Waals surface area contributed by atoms with Gasteiger partial charge in [-0.3, -0.25) is 0 Å². The van der Waals surface area contributed by atoms with Gasteiger partial charge in [-0.25, -0.2) is 4.98 Å². The van der Waals surface area contributed by atoms with Crippen molar-refractivity contribution in [3.8, 4) is 6.01 Å². The van der Waals surface area contributed by atoms with Crippen LogP contribution < -0.4 is 15.0 Å². The molecule has 5 nitrogen and oxygen atoms in total. The highest BCUT2D eigenvalue weighted by Crippen LogP contribution is 2.29.